The van der Waals surface area contributed by atoms with Gasteiger partial charge in [0.25, 0.3) is 11.8 Å². The van der Waals surface area contributed by atoms with Gasteiger partial charge in [0, 0.05) is 0 Å². The Kier molecular flexibility index (Phi) is 4.51. The van der Waals surface area contributed by atoms with E-state index in [0.717, 1.165) is 5.28 Å². The molecule has 0 fully saturated rings. The lowest BCUT2D eigenvalue weighted by Gasteiger charge is -1.90. The van der Waals surface area contributed by atoms with Crippen LogP contribution in [0.15, 0.2) is 54.6 Å². The molecule has 0 spiro atoms. The Morgan fingerprint density at radius 1 is 0.789 bits per heavy atom. The van der Waals surface area contributed by atoms with Crippen molar-refractivity contribution >= 4 is 28.1 Å². The molecule has 0 aliphatic carbocycles. The smallest absolute Gasteiger partial charge is 0.258 e. The van der Waals surface area contributed by atoms with Crippen molar-refractivity contribution in [2.45, 2.75) is 5.28 Å². The first-order valence-corrected chi connectivity index (χ1v) is 6.72. The molecule has 3 rings (SSSR count). The maximum atomic E-state index is 10.9. The minimum atomic E-state index is -0.300. The van der Waals surface area contributed by atoms with E-state index in [0.29, 0.717) is 11.1 Å². The third kappa shape index (κ3) is 3.32. The summed E-state index contributed by atoms with van der Waals surface area (Å²) in [6.07, 6.45) is 0. The highest BCUT2D eigenvalue weighted by Gasteiger charge is 2.25. The zero-order valence-electron chi connectivity index (χ0n) is 10.3. The SMILES string of the molecule is O=C1NC(=O)c2ccccc21.[Al][CH2]c1ccccc1. The van der Waals surface area contributed by atoms with E-state index in [2.05, 4.69) is 45.9 Å². The molecule has 0 atom stereocenters. The summed E-state index contributed by atoms with van der Waals surface area (Å²) in [5.41, 5.74) is 2.31. The lowest BCUT2D eigenvalue weighted by atomic mass is 10.1. The second-order valence-corrected chi connectivity index (χ2v) is 4.43. The average molecular weight is 265 g/mol. The molecule has 0 bridgehead atoms. The molecule has 92 valence electrons. The van der Waals surface area contributed by atoms with Crippen molar-refractivity contribution in [2.75, 3.05) is 0 Å². The van der Waals surface area contributed by atoms with Gasteiger partial charge in [0.2, 0.25) is 0 Å². The van der Waals surface area contributed by atoms with Gasteiger partial charge in [-0.1, -0.05) is 53.3 Å². The molecule has 1 heterocycles. The molecular formula is C15H12AlNO2. The van der Waals surface area contributed by atoms with Gasteiger partial charge in [0.05, 0.1) is 11.1 Å². The van der Waals surface area contributed by atoms with Crippen LogP contribution in [-0.2, 0) is 5.28 Å². The van der Waals surface area contributed by atoms with Crippen molar-refractivity contribution < 1.29 is 9.59 Å². The van der Waals surface area contributed by atoms with E-state index < -0.39 is 0 Å². The number of carbonyl (C=O) groups excluding carboxylic acids is 2. The van der Waals surface area contributed by atoms with Crippen LogP contribution in [0.1, 0.15) is 26.3 Å². The van der Waals surface area contributed by atoms with Gasteiger partial charge in [0.1, 0.15) is 16.3 Å². The van der Waals surface area contributed by atoms with Crippen molar-refractivity contribution in [3.05, 3.63) is 71.3 Å². The summed E-state index contributed by atoms with van der Waals surface area (Å²) in [5.74, 6) is -0.601. The average Bonchev–Trinajstić information content (AvgIpc) is 2.76. The Morgan fingerprint density at radius 3 is 1.68 bits per heavy atom. The minimum Gasteiger partial charge on any atom is -0.288 e. The first kappa shape index (κ1) is 13.5. The molecular weight excluding hydrogens is 253 g/mol. The third-order valence-corrected chi connectivity index (χ3v) is 3.19. The molecule has 1 aliphatic heterocycles. The van der Waals surface area contributed by atoms with Gasteiger partial charge in [-0.3, -0.25) is 14.9 Å². The third-order valence-electron chi connectivity index (χ3n) is 2.72. The van der Waals surface area contributed by atoms with Crippen LogP contribution in [0.4, 0.5) is 0 Å². The van der Waals surface area contributed by atoms with Crippen LogP contribution < -0.4 is 5.32 Å². The molecule has 19 heavy (non-hydrogen) atoms. The van der Waals surface area contributed by atoms with E-state index >= 15 is 0 Å². The van der Waals surface area contributed by atoms with Gasteiger partial charge < -0.3 is 0 Å². The van der Waals surface area contributed by atoms with E-state index in [-0.39, 0.29) is 11.8 Å². The zero-order valence-corrected chi connectivity index (χ0v) is 11.5. The number of rotatable bonds is 1. The fraction of sp³-hybridized carbons (Fsp3) is 0.0667. The molecule has 0 unspecified atom stereocenters. The van der Waals surface area contributed by atoms with Crippen LogP contribution in [0, 0.1) is 0 Å². The second kappa shape index (κ2) is 6.33. The summed E-state index contributed by atoms with van der Waals surface area (Å²) < 4.78 is 0. The van der Waals surface area contributed by atoms with Gasteiger partial charge in [-0.2, -0.15) is 0 Å². The summed E-state index contributed by atoms with van der Waals surface area (Å²) in [6.45, 7) is 0. The number of benzene rings is 2. The molecule has 3 nitrogen and oxygen atoms in total. The normalized spacial score (nSPS) is 12.2. The van der Waals surface area contributed by atoms with Crippen molar-refractivity contribution in [1.82, 2.24) is 5.32 Å². The fourth-order valence-corrected chi connectivity index (χ4v) is 2.00. The van der Waals surface area contributed by atoms with Crippen molar-refractivity contribution in [1.29, 1.82) is 0 Å². The van der Waals surface area contributed by atoms with Crippen LogP contribution >= 0.6 is 0 Å². The van der Waals surface area contributed by atoms with Crippen LogP contribution in [0.2, 0.25) is 0 Å². The molecule has 1 N–H and O–H groups in total. The Morgan fingerprint density at radius 2 is 1.26 bits per heavy atom. The number of amides is 2. The Bertz CT molecular complexity index is 563. The van der Waals surface area contributed by atoms with E-state index in [1.54, 1.807) is 24.3 Å². The van der Waals surface area contributed by atoms with Gasteiger partial charge in [-0.25, -0.2) is 0 Å². The van der Waals surface area contributed by atoms with Gasteiger partial charge >= 0.3 is 0 Å². The van der Waals surface area contributed by atoms with E-state index in [1.165, 1.54) is 5.56 Å². The number of fused-ring (bicyclic) bond motifs is 1. The molecule has 2 aromatic rings. The number of carbonyl (C=O) groups is 2. The lowest BCUT2D eigenvalue weighted by molar-refractivity contribution is 0.0879. The van der Waals surface area contributed by atoms with Crippen LogP contribution in [0.25, 0.3) is 0 Å². The quantitative estimate of drug-likeness (QED) is 0.632. The summed E-state index contributed by atoms with van der Waals surface area (Å²) in [6, 6.07) is 17.1. The standard InChI is InChI=1S/C8H5NO2.C7H7.Al/c10-7-5-3-1-2-4-6(5)8(11)9-7;1-7-5-3-2-4-6-7;/h1-4H,(H,9,10,11);2-6H,1H2;. The molecule has 4 heteroatoms. The fourth-order valence-electron chi connectivity index (χ4n) is 1.73. The number of nitrogens with one attached hydrogen (secondary N) is 1. The van der Waals surface area contributed by atoms with Gasteiger partial charge in [-0.15, -0.1) is 0 Å². The highest BCUT2D eigenvalue weighted by atomic mass is 27.0. The minimum absolute atomic E-state index is 0.300. The molecule has 0 saturated carbocycles. The summed E-state index contributed by atoms with van der Waals surface area (Å²) in [5, 5.41) is 3.26. The monoisotopic (exact) mass is 265 g/mol. The van der Waals surface area contributed by atoms with E-state index in [1.807, 2.05) is 6.07 Å². The molecule has 1 aliphatic rings. The molecule has 0 aromatic heterocycles. The largest absolute Gasteiger partial charge is 0.288 e. The maximum Gasteiger partial charge on any atom is 0.258 e. The van der Waals surface area contributed by atoms with Gasteiger partial charge in [0.15, 0.2) is 0 Å². The molecule has 2 aromatic carbocycles. The first-order chi connectivity index (χ1) is 9.22. The first-order valence-electron chi connectivity index (χ1n) is 5.91. The predicted molar refractivity (Wildman–Crippen MR) is 74.1 cm³/mol. The van der Waals surface area contributed by atoms with Gasteiger partial charge in [-0.05, 0) is 12.1 Å². The topological polar surface area (TPSA) is 46.2 Å². The number of hydrogen-bond donors (Lipinski definition) is 1. The van der Waals surface area contributed by atoms with Crippen molar-refractivity contribution in [3.63, 3.8) is 0 Å². The summed E-state index contributed by atoms with van der Waals surface area (Å²) in [7, 11) is 0. The van der Waals surface area contributed by atoms with E-state index in [9.17, 15) is 9.59 Å². The Labute approximate surface area is 120 Å². The molecule has 0 saturated heterocycles. The Balaban J connectivity index is 0.000000148. The molecule has 2 amide bonds. The van der Waals surface area contributed by atoms with E-state index in [4.69, 9.17) is 0 Å². The summed E-state index contributed by atoms with van der Waals surface area (Å²) >= 11 is 2.69. The van der Waals surface area contributed by atoms with Crippen LogP contribution in [-0.4, -0.2) is 28.1 Å². The lowest BCUT2D eigenvalue weighted by Crippen LogP contribution is -2.19. The van der Waals surface area contributed by atoms with Crippen molar-refractivity contribution in [2.24, 2.45) is 0 Å². The predicted octanol–water partition coefficient (Wildman–Crippen LogP) is 1.93. The van der Waals surface area contributed by atoms with Crippen LogP contribution in [0.5, 0.6) is 0 Å². The Hall–Kier alpha value is -1.89. The highest BCUT2D eigenvalue weighted by molar-refractivity contribution is 6.21. The maximum absolute atomic E-state index is 10.9. The number of imide groups is 1. The number of hydrogen-bond acceptors (Lipinski definition) is 2. The highest BCUT2D eigenvalue weighted by Crippen LogP contribution is 2.13. The molecule has 2 radical (unpaired) electrons. The zero-order chi connectivity index (χ0) is 13.7. The van der Waals surface area contributed by atoms with Crippen LogP contribution in [0.3, 0.4) is 0 Å². The second-order valence-electron chi connectivity index (χ2n) is 4.02. The van der Waals surface area contributed by atoms with Crippen molar-refractivity contribution in [3.8, 4) is 0 Å². The summed E-state index contributed by atoms with van der Waals surface area (Å²) in [4.78, 5) is 21.9.